The normalized spacial score (nSPS) is 16.0. The molecule has 2 amide bonds. The molecule has 3 aromatic rings. The van der Waals surface area contributed by atoms with Gasteiger partial charge in [0.1, 0.15) is 12.4 Å². The van der Waals surface area contributed by atoms with Gasteiger partial charge in [-0.2, -0.15) is 0 Å². The first kappa shape index (κ1) is 20.0. The summed E-state index contributed by atoms with van der Waals surface area (Å²) in [5.74, 6) is 0.672. The molecule has 3 aromatic carbocycles. The van der Waals surface area contributed by atoms with Gasteiger partial charge in [-0.05, 0) is 41.8 Å². The van der Waals surface area contributed by atoms with Gasteiger partial charge in [0.25, 0.3) is 0 Å². The minimum atomic E-state index is -0.532. The van der Waals surface area contributed by atoms with E-state index in [2.05, 4.69) is 6.07 Å². The maximum Gasteiger partial charge on any atom is 0.416 e. The van der Waals surface area contributed by atoms with E-state index in [1.165, 1.54) is 10.5 Å². The predicted molar refractivity (Wildman–Crippen MR) is 116 cm³/mol. The van der Waals surface area contributed by atoms with Gasteiger partial charge in [0, 0.05) is 11.8 Å². The van der Waals surface area contributed by atoms with Crippen LogP contribution in [0.15, 0.2) is 66.7 Å². The SMILES string of the molecule is COc1ccc(CCCC(=O)N2C(=O)OCC2Cc2ccccc2)c2ccccc12. The number of hydrogen-bond donors (Lipinski definition) is 0. The molecular formula is C25H25NO4. The summed E-state index contributed by atoms with van der Waals surface area (Å²) in [4.78, 5) is 26.3. The van der Waals surface area contributed by atoms with E-state index in [1.54, 1.807) is 7.11 Å². The number of ether oxygens (including phenoxy) is 2. The monoisotopic (exact) mass is 403 g/mol. The van der Waals surface area contributed by atoms with Crippen LogP contribution in [0.25, 0.3) is 10.8 Å². The molecule has 0 aliphatic carbocycles. The summed E-state index contributed by atoms with van der Waals surface area (Å²) in [6.45, 7) is 0.253. The predicted octanol–water partition coefficient (Wildman–Crippen LogP) is 4.76. The van der Waals surface area contributed by atoms with Crippen molar-refractivity contribution in [2.75, 3.05) is 13.7 Å². The van der Waals surface area contributed by atoms with E-state index in [0.717, 1.165) is 28.5 Å². The molecular weight excluding hydrogens is 378 g/mol. The van der Waals surface area contributed by atoms with Crippen LogP contribution in [-0.2, 0) is 22.4 Å². The van der Waals surface area contributed by atoms with Crippen molar-refractivity contribution in [1.29, 1.82) is 0 Å². The lowest BCUT2D eigenvalue weighted by molar-refractivity contribution is -0.129. The van der Waals surface area contributed by atoms with Gasteiger partial charge < -0.3 is 9.47 Å². The minimum Gasteiger partial charge on any atom is -0.496 e. The van der Waals surface area contributed by atoms with Crippen LogP contribution in [0.3, 0.4) is 0 Å². The van der Waals surface area contributed by atoms with Crippen molar-refractivity contribution in [2.24, 2.45) is 0 Å². The van der Waals surface area contributed by atoms with Gasteiger partial charge in [0.2, 0.25) is 5.91 Å². The molecule has 0 aromatic heterocycles. The Morgan fingerprint density at radius 3 is 2.53 bits per heavy atom. The van der Waals surface area contributed by atoms with Gasteiger partial charge in [-0.15, -0.1) is 0 Å². The standard InChI is InChI=1S/C25H25NO4/c1-29-23-15-14-19(21-11-5-6-12-22(21)23)10-7-13-24(27)26-20(17-30-25(26)28)16-18-8-3-2-4-9-18/h2-6,8-9,11-12,14-15,20H,7,10,13,16-17H2,1H3. The molecule has 154 valence electrons. The quantitative estimate of drug-likeness (QED) is 0.571. The van der Waals surface area contributed by atoms with Crippen molar-refractivity contribution < 1.29 is 19.1 Å². The van der Waals surface area contributed by atoms with Crippen LogP contribution in [0.1, 0.15) is 24.0 Å². The molecule has 4 rings (SSSR count). The summed E-state index contributed by atoms with van der Waals surface area (Å²) >= 11 is 0. The molecule has 0 radical (unpaired) electrons. The number of nitrogens with zero attached hydrogens (tertiary/aromatic N) is 1. The highest BCUT2D eigenvalue weighted by Gasteiger charge is 2.37. The molecule has 0 bridgehead atoms. The van der Waals surface area contributed by atoms with Gasteiger partial charge in [-0.3, -0.25) is 4.79 Å². The Morgan fingerprint density at radius 2 is 1.77 bits per heavy atom. The molecule has 1 aliphatic heterocycles. The zero-order valence-corrected chi connectivity index (χ0v) is 17.0. The number of fused-ring (bicyclic) bond motifs is 1. The molecule has 0 spiro atoms. The maximum absolute atomic E-state index is 12.8. The van der Waals surface area contributed by atoms with Gasteiger partial charge >= 0.3 is 6.09 Å². The topological polar surface area (TPSA) is 55.8 Å². The maximum atomic E-state index is 12.8. The van der Waals surface area contributed by atoms with Gasteiger partial charge in [-0.1, -0.05) is 60.7 Å². The van der Waals surface area contributed by atoms with E-state index >= 15 is 0 Å². The molecule has 0 saturated carbocycles. The summed E-state index contributed by atoms with van der Waals surface area (Å²) < 4.78 is 10.6. The highest BCUT2D eigenvalue weighted by Crippen LogP contribution is 2.29. The lowest BCUT2D eigenvalue weighted by Crippen LogP contribution is -2.40. The zero-order valence-electron chi connectivity index (χ0n) is 17.0. The first-order valence-electron chi connectivity index (χ1n) is 10.2. The number of carbonyl (C=O) groups is 2. The number of hydrogen-bond acceptors (Lipinski definition) is 4. The Bertz CT molecular complexity index is 1050. The Labute approximate surface area is 176 Å². The van der Waals surface area contributed by atoms with E-state index in [4.69, 9.17) is 9.47 Å². The number of carbonyl (C=O) groups excluding carboxylic acids is 2. The van der Waals surface area contributed by atoms with E-state index in [1.807, 2.05) is 60.7 Å². The van der Waals surface area contributed by atoms with Crippen molar-refractivity contribution in [3.05, 3.63) is 77.9 Å². The average Bonchev–Trinajstić information content (AvgIpc) is 3.14. The van der Waals surface area contributed by atoms with E-state index in [-0.39, 0.29) is 18.6 Å². The van der Waals surface area contributed by atoms with Crippen LogP contribution in [0.4, 0.5) is 4.79 Å². The molecule has 1 aliphatic rings. The van der Waals surface area contributed by atoms with E-state index < -0.39 is 6.09 Å². The molecule has 1 saturated heterocycles. The minimum absolute atomic E-state index is 0.170. The molecule has 5 heteroatoms. The average molecular weight is 403 g/mol. The van der Waals surface area contributed by atoms with Crippen molar-refractivity contribution in [3.8, 4) is 5.75 Å². The molecule has 0 N–H and O–H groups in total. The van der Waals surface area contributed by atoms with E-state index in [0.29, 0.717) is 19.3 Å². The lowest BCUT2D eigenvalue weighted by atomic mass is 9.99. The Hall–Kier alpha value is -3.34. The molecule has 30 heavy (non-hydrogen) atoms. The van der Waals surface area contributed by atoms with Gasteiger partial charge in [-0.25, -0.2) is 9.69 Å². The lowest BCUT2D eigenvalue weighted by Gasteiger charge is -2.19. The van der Waals surface area contributed by atoms with Crippen molar-refractivity contribution >= 4 is 22.8 Å². The number of benzene rings is 3. The second kappa shape index (κ2) is 8.99. The summed E-state index contributed by atoms with van der Waals surface area (Å²) in [6, 6.07) is 21.7. The summed E-state index contributed by atoms with van der Waals surface area (Å²) in [7, 11) is 1.67. The number of cyclic esters (lactones) is 1. The fourth-order valence-electron chi connectivity index (χ4n) is 4.08. The third-order valence-corrected chi connectivity index (χ3v) is 5.57. The molecule has 1 atom stereocenters. The van der Waals surface area contributed by atoms with Crippen LogP contribution in [-0.4, -0.2) is 36.7 Å². The second-order valence-corrected chi connectivity index (χ2v) is 7.51. The van der Waals surface area contributed by atoms with Crippen LogP contribution < -0.4 is 4.74 Å². The Morgan fingerprint density at radius 1 is 1.03 bits per heavy atom. The fraction of sp³-hybridized carbons (Fsp3) is 0.280. The fourth-order valence-corrected chi connectivity index (χ4v) is 4.08. The number of amides is 2. The van der Waals surface area contributed by atoms with Crippen molar-refractivity contribution in [3.63, 3.8) is 0 Å². The molecule has 1 unspecified atom stereocenters. The number of methoxy groups -OCH3 is 1. The smallest absolute Gasteiger partial charge is 0.416 e. The second-order valence-electron chi connectivity index (χ2n) is 7.51. The van der Waals surface area contributed by atoms with E-state index in [9.17, 15) is 9.59 Å². The van der Waals surface area contributed by atoms with Crippen molar-refractivity contribution in [1.82, 2.24) is 4.90 Å². The van der Waals surface area contributed by atoms with Crippen LogP contribution in [0, 0.1) is 0 Å². The molecule has 1 heterocycles. The van der Waals surface area contributed by atoms with Crippen LogP contribution >= 0.6 is 0 Å². The first-order chi connectivity index (χ1) is 14.7. The largest absolute Gasteiger partial charge is 0.496 e. The van der Waals surface area contributed by atoms with Crippen LogP contribution in [0.2, 0.25) is 0 Å². The highest BCUT2D eigenvalue weighted by atomic mass is 16.6. The summed E-state index contributed by atoms with van der Waals surface area (Å²) in [6.07, 6.45) is 1.80. The van der Waals surface area contributed by atoms with Gasteiger partial charge in [0.15, 0.2) is 0 Å². The van der Waals surface area contributed by atoms with Gasteiger partial charge in [0.05, 0.1) is 13.2 Å². The number of rotatable bonds is 7. The third-order valence-electron chi connectivity index (χ3n) is 5.57. The Kier molecular flexibility index (Phi) is 5.98. The van der Waals surface area contributed by atoms with Crippen molar-refractivity contribution in [2.45, 2.75) is 31.7 Å². The highest BCUT2D eigenvalue weighted by molar-refractivity contribution is 5.94. The van der Waals surface area contributed by atoms with Crippen LogP contribution in [0.5, 0.6) is 5.75 Å². The molecule has 1 fully saturated rings. The zero-order chi connectivity index (χ0) is 20.9. The molecule has 5 nitrogen and oxygen atoms in total. The number of imide groups is 1. The summed E-state index contributed by atoms with van der Waals surface area (Å²) in [5, 5.41) is 2.20. The Balaban J connectivity index is 1.41. The number of aryl methyl sites for hydroxylation is 1. The summed E-state index contributed by atoms with van der Waals surface area (Å²) in [5.41, 5.74) is 2.26. The third kappa shape index (κ3) is 4.15. The first-order valence-corrected chi connectivity index (χ1v) is 10.2.